The average molecular weight is 341 g/mol. The molecule has 0 spiro atoms. The maximum Gasteiger partial charge on any atom is 0.118 e. The zero-order valence-electron chi connectivity index (χ0n) is 16.3. The molecule has 1 nitrogen and oxygen atoms in total. The monoisotopic (exact) mass is 340 g/mol. The highest BCUT2D eigenvalue weighted by atomic mass is 16.5. The summed E-state index contributed by atoms with van der Waals surface area (Å²) in [6, 6.07) is 8.77. The molecular weight excluding hydrogens is 304 g/mol. The predicted molar refractivity (Wildman–Crippen MR) is 107 cm³/mol. The number of hydrogen-bond donors (Lipinski definition) is 0. The van der Waals surface area contributed by atoms with Gasteiger partial charge < -0.3 is 4.74 Å². The second kappa shape index (κ2) is 9.46. The quantitative estimate of drug-likeness (QED) is 0.379. The van der Waals surface area contributed by atoms with Gasteiger partial charge in [-0.3, -0.25) is 0 Å². The minimum Gasteiger partial charge on any atom is -0.497 e. The van der Waals surface area contributed by atoms with E-state index in [1.54, 1.807) is 7.11 Å². The Bertz CT molecular complexity index is 522. The SMILES string of the molecule is CCCCCC1C=CC(C2CCC(c3ccc(OC)cc3)CC2)CC1. The molecule has 1 heteroatoms. The zero-order valence-corrected chi connectivity index (χ0v) is 16.3. The van der Waals surface area contributed by atoms with Crippen LogP contribution in [0.3, 0.4) is 0 Å². The van der Waals surface area contributed by atoms with Gasteiger partial charge in [0.15, 0.2) is 0 Å². The normalized spacial score (nSPS) is 29.5. The third-order valence-electron chi connectivity index (χ3n) is 6.64. The fraction of sp³-hybridized carbons (Fsp3) is 0.667. The molecule has 0 aromatic heterocycles. The zero-order chi connectivity index (χ0) is 17.5. The number of unbranched alkanes of at least 4 members (excludes halogenated alkanes) is 2. The van der Waals surface area contributed by atoms with Crippen molar-refractivity contribution in [3.8, 4) is 5.75 Å². The Balaban J connectivity index is 1.45. The van der Waals surface area contributed by atoms with Crippen molar-refractivity contribution in [3.63, 3.8) is 0 Å². The Morgan fingerprint density at radius 3 is 2.24 bits per heavy atom. The van der Waals surface area contributed by atoms with Gasteiger partial charge in [0.05, 0.1) is 7.11 Å². The third kappa shape index (κ3) is 5.12. The number of benzene rings is 1. The Hall–Kier alpha value is -1.24. The summed E-state index contributed by atoms with van der Waals surface area (Å²) in [4.78, 5) is 0. The van der Waals surface area contributed by atoms with Crippen molar-refractivity contribution < 1.29 is 4.74 Å². The minimum atomic E-state index is 0.761. The molecule has 2 unspecified atom stereocenters. The maximum absolute atomic E-state index is 5.28. The molecule has 1 fully saturated rings. The molecule has 0 radical (unpaired) electrons. The lowest BCUT2D eigenvalue weighted by Crippen LogP contribution is -2.22. The van der Waals surface area contributed by atoms with E-state index in [1.165, 1.54) is 69.8 Å². The van der Waals surface area contributed by atoms with Gasteiger partial charge in [-0.05, 0) is 86.3 Å². The number of allylic oxidation sites excluding steroid dienone is 2. The molecule has 25 heavy (non-hydrogen) atoms. The van der Waals surface area contributed by atoms with Crippen LogP contribution in [-0.4, -0.2) is 7.11 Å². The van der Waals surface area contributed by atoms with Gasteiger partial charge in [0.25, 0.3) is 0 Å². The van der Waals surface area contributed by atoms with E-state index in [4.69, 9.17) is 4.74 Å². The third-order valence-corrected chi connectivity index (χ3v) is 6.64. The van der Waals surface area contributed by atoms with Crippen LogP contribution >= 0.6 is 0 Å². The number of hydrogen-bond acceptors (Lipinski definition) is 1. The highest BCUT2D eigenvalue weighted by molar-refractivity contribution is 5.29. The first-order valence-corrected chi connectivity index (χ1v) is 10.6. The first kappa shape index (κ1) is 18.5. The number of rotatable bonds is 7. The van der Waals surface area contributed by atoms with Gasteiger partial charge in [0, 0.05) is 0 Å². The smallest absolute Gasteiger partial charge is 0.118 e. The summed E-state index contributed by atoms with van der Waals surface area (Å²) >= 11 is 0. The standard InChI is InChI=1S/C24H36O/c1-3-4-5-6-19-7-9-20(10-8-19)21-11-13-22(14-12-21)23-15-17-24(25-2)18-16-23/h7,9,15-22H,3-6,8,10-14H2,1-2H3. The lowest BCUT2D eigenvalue weighted by molar-refractivity contribution is 0.239. The van der Waals surface area contributed by atoms with Gasteiger partial charge in [-0.25, -0.2) is 0 Å². The van der Waals surface area contributed by atoms with Crippen molar-refractivity contribution >= 4 is 0 Å². The van der Waals surface area contributed by atoms with E-state index in [-0.39, 0.29) is 0 Å². The van der Waals surface area contributed by atoms with Crippen LogP contribution in [0, 0.1) is 17.8 Å². The summed E-state index contributed by atoms with van der Waals surface area (Å²) in [6.45, 7) is 2.30. The van der Waals surface area contributed by atoms with E-state index in [1.807, 2.05) is 0 Å². The molecule has 0 heterocycles. The Morgan fingerprint density at radius 1 is 0.880 bits per heavy atom. The molecule has 2 aliphatic carbocycles. The average Bonchev–Trinajstić information content (AvgIpc) is 2.69. The van der Waals surface area contributed by atoms with Crippen molar-refractivity contribution in [3.05, 3.63) is 42.0 Å². The predicted octanol–water partition coefficient (Wildman–Crippen LogP) is 7.13. The van der Waals surface area contributed by atoms with Crippen LogP contribution < -0.4 is 4.74 Å². The Morgan fingerprint density at radius 2 is 1.64 bits per heavy atom. The molecule has 0 amide bonds. The van der Waals surface area contributed by atoms with Crippen LogP contribution in [0.25, 0.3) is 0 Å². The van der Waals surface area contributed by atoms with Gasteiger partial charge in [-0.15, -0.1) is 0 Å². The summed E-state index contributed by atoms with van der Waals surface area (Å²) in [5, 5.41) is 0. The lowest BCUT2D eigenvalue weighted by Gasteiger charge is -2.35. The molecule has 138 valence electrons. The van der Waals surface area contributed by atoms with E-state index in [0.29, 0.717) is 0 Å². The Labute approximate surface area is 154 Å². The molecule has 3 rings (SSSR count). The first-order chi connectivity index (χ1) is 12.3. The van der Waals surface area contributed by atoms with E-state index in [2.05, 4.69) is 43.3 Å². The van der Waals surface area contributed by atoms with Crippen molar-refractivity contribution in [1.82, 2.24) is 0 Å². The summed E-state index contributed by atoms with van der Waals surface area (Å²) in [7, 11) is 1.74. The van der Waals surface area contributed by atoms with Gasteiger partial charge >= 0.3 is 0 Å². The van der Waals surface area contributed by atoms with E-state index >= 15 is 0 Å². The van der Waals surface area contributed by atoms with Crippen LogP contribution in [0.4, 0.5) is 0 Å². The molecular formula is C24H36O. The van der Waals surface area contributed by atoms with Crippen LogP contribution in [0.2, 0.25) is 0 Å². The largest absolute Gasteiger partial charge is 0.497 e. The molecule has 2 atom stereocenters. The second-order valence-corrected chi connectivity index (χ2v) is 8.27. The van der Waals surface area contributed by atoms with Gasteiger partial charge in [0.2, 0.25) is 0 Å². The van der Waals surface area contributed by atoms with Gasteiger partial charge in [-0.2, -0.15) is 0 Å². The van der Waals surface area contributed by atoms with Crippen molar-refractivity contribution in [2.45, 2.75) is 77.0 Å². The highest BCUT2D eigenvalue weighted by Crippen LogP contribution is 2.42. The van der Waals surface area contributed by atoms with Crippen molar-refractivity contribution in [1.29, 1.82) is 0 Å². The maximum atomic E-state index is 5.28. The fourth-order valence-electron chi connectivity index (χ4n) is 4.95. The minimum absolute atomic E-state index is 0.761. The molecule has 2 aliphatic rings. The molecule has 1 aromatic rings. The van der Waals surface area contributed by atoms with E-state index in [0.717, 1.165) is 29.4 Å². The molecule has 0 aliphatic heterocycles. The van der Waals surface area contributed by atoms with Crippen molar-refractivity contribution in [2.75, 3.05) is 7.11 Å². The molecule has 1 saturated carbocycles. The number of ether oxygens (including phenoxy) is 1. The summed E-state index contributed by atoms with van der Waals surface area (Å²) < 4.78 is 5.28. The van der Waals surface area contributed by atoms with Crippen molar-refractivity contribution in [2.24, 2.45) is 17.8 Å². The number of methoxy groups -OCH3 is 1. The summed E-state index contributed by atoms with van der Waals surface area (Å²) in [6.07, 6.45) is 19.2. The Kier molecular flexibility index (Phi) is 7.02. The van der Waals surface area contributed by atoms with E-state index in [9.17, 15) is 0 Å². The molecule has 1 aromatic carbocycles. The van der Waals surface area contributed by atoms with Crippen LogP contribution in [-0.2, 0) is 0 Å². The molecule has 0 bridgehead atoms. The second-order valence-electron chi connectivity index (χ2n) is 8.27. The topological polar surface area (TPSA) is 9.23 Å². The summed E-state index contributed by atoms with van der Waals surface area (Å²) in [5.74, 6) is 4.40. The van der Waals surface area contributed by atoms with E-state index < -0.39 is 0 Å². The lowest BCUT2D eigenvalue weighted by atomic mass is 9.70. The first-order valence-electron chi connectivity index (χ1n) is 10.6. The van der Waals surface area contributed by atoms with Crippen LogP contribution in [0.5, 0.6) is 5.75 Å². The molecule has 0 saturated heterocycles. The fourth-order valence-corrected chi connectivity index (χ4v) is 4.95. The van der Waals surface area contributed by atoms with Gasteiger partial charge in [-0.1, -0.05) is 50.5 Å². The van der Waals surface area contributed by atoms with Gasteiger partial charge in [0.1, 0.15) is 5.75 Å². The highest BCUT2D eigenvalue weighted by Gasteiger charge is 2.28. The summed E-state index contributed by atoms with van der Waals surface area (Å²) in [5.41, 5.74) is 1.51. The van der Waals surface area contributed by atoms with Crippen LogP contribution in [0.1, 0.15) is 82.6 Å². The molecule has 0 N–H and O–H groups in total. The van der Waals surface area contributed by atoms with Crippen LogP contribution in [0.15, 0.2) is 36.4 Å².